The van der Waals surface area contributed by atoms with Crippen LogP contribution in [0, 0.1) is 13.8 Å². The molecular weight excluding hydrogens is 338 g/mol. The van der Waals surface area contributed by atoms with E-state index < -0.39 is 0 Å². The molecule has 0 fully saturated rings. The lowest BCUT2D eigenvalue weighted by molar-refractivity contribution is -0.116. The van der Waals surface area contributed by atoms with E-state index in [2.05, 4.69) is 34.2 Å². The van der Waals surface area contributed by atoms with Gasteiger partial charge in [-0.2, -0.15) is 16.4 Å². The number of amides is 1. The maximum Gasteiger partial charge on any atom is 0.244 e. The summed E-state index contributed by atoms with van der Waals surface area (Å²) in [5.41, 5.74) is 4.56. The molecule has 0 aromatic carbocycles. The third-order valence-electron chi connectivity index (χ3n) is 3.76. The smallest absolute Gasteiger partial charge is 0.244 e. The molecule has 3 heterocycles. The normalized spacial score (nSPS) is 11.2. The van der Waals surface area contributed by atoms with Crippen LogP contribution < -0.4 is 5.32 Å². The Hall–Kier alpha value is -2.18. The quantitative estimate of drug-likeness (QED) is 0.675. The predicted octanol–water partition coefficient (Wildman–Crippen LogP) is 4.12. The van der Waals surface area contributed by atoms with Crippen molar-refractivity contribution in [3.63, 3.8) is 0 Å². The number of hydrogen-bond donors (Lipinski definition) is 1. The van der Waals surface area contributed by atoms with Crippen molar-refractivity contribution in [1.82, 2.24) is 15.1 Å². The first-order chi connectivity index (χ1) is 11.6. The highest BCUT2D eigenvalue weighted by molar-refractivity contribution is 7.10. The number of thiophene rings is 2. The minimum Gasteiger partial charge on any atom is -0.351 e. The van der Waals surface area contributed by atoms with Crippen LogP contribution in [0.15, 0.2) is 40.4 Å². The Labute approximate surface area is 149 Å². The summed E-state index contributed by atoms with van der Waals surface area (Å²) in [5.74, 6) is -0.0806. The van der Waals surface area contributed by atoms with Gasteiger partial charge in [0.25, 0.3) is 0 Å². The minimum atomic E-state index is -0.0806. The summed E-state index contributed by atoms with van der Waals surface area (Å²) in [7, 11) is 0. The summed E-state index contributed by atoms with van der Waals surface area (Å²) in [5, 5.41) is 13.7. The molecule has 0 unspecified atom stereocenters. The molecule has 3 rings (SSSR count). The molecular formula is C18H19N3OS2. The number of aryl methyl sites for hydroxylation is 1. The molecule has 0 atom stereocenters. The van der Waals surface area contributed by atoms with Crippen molar-refractivity contribution in [1.29, 1.82) is 0 Å². The average molecular weight is 358 g/mol. The van der Waals surface area contributed by atoms with E-state index in [0.29, 0.717) is 13.1 Å². The first kappa shape index (κ1) is 16.7. The molecule has 6 heteroatoms. The first-order valence-corrected chi connectivity index (χ1v) is 9.53. The van der Waals surface area contributed by atoms with Crippen molar-refractivity contribution in [2.24, 2.45) is 0 Å². The third kappa shape index (κ3) is 3.83. The van der Waals surface area contributed by atoms with E-state index in [0.717, 1.165) is 16.3 Å². The second-order valence-electron chi connectivity index (χ2n) is 5.42. The standard InChI is InChI=1S/C18H19N3OS2/c1-13-18(15-7-11-23-12-15)14(2)21(20-13)9-8-19-17(22)6-5-16-4-3-10-24-16/h3-7,10-12H,8-9H2,1-2H3,(H,19,22)/b6-5+. The fourth-order valence-electron chi connectivity index (χ4n) is 2.63. The van der Waals surface area contributed by atoms with E-state index in [1.165, 1.54) is 11.1 Å². The molecule has 24 heavy (non-hydrogen) atoms. The lowest BCUT2D eigenvalue weighted by Gasteiger charge is -2.06. The van der Waals surface area contributed by atoms with E-state index in [4.69, 9.17) is 0 Å². The van der Waals surface area contributed by atoms with Gasteiger partial charge in [-0.05, 0) is 53.8 Å². The number of carbonyl (C=O) groups excluding carboxylic acids is 1. The lowest BCUT2D eigenvalue weighted by atomic mass is 10.1. The Morgan fingerprint density at radius 1 is 1.33 bits per heavy atom. The second-order valence-corrected chi connectivity index (χ2v) is 7.18. The maximum absolute atomic E-state index is 11.9. The van der Waals surface area contributed by atoms with E-state index >= 15 is 0 Å². The molecule has 0 saturated carbocycles. The summed E-state index contributed by atoms with van der Waals surface area (Å²) in [6, 6.07) is 6.07. The van der Waals surface area contributed by atoms with E-state index in [9.17, 15) is 4.79 Å². The van der Waals surface area contributed by atoms with Crippen LogP contribution in [0.2, 0.25) is 0 Å². The number of rotatable bonds is 6. The summed E-state index contributed by atoms with van der Waals surface area (Å²) in [6.07, 6.45) is 3.40. The Balaban J connectivity index is 1.57. The van der Waals surface area contributed by atoms with Crippen LogP contribution in [0.4, 0.5) is 0 Å². The SMILES string of the molecule is Cc1nn(CCNC(=O)/C=C/c2cccs2)c(C)c1-c1ccsc1. The van der Waals surface area contributed by atoms with Crippen molar-refractivity contribution < 1.29 is 4.79 Å². The summed E-state index contributed by atoms with van der Waals surface area (Å²) in [4.78, 5) is 12.9. The predicted molar refractivity (Wildman–Crippen MR) is 101 cm³/mol. The van der Waals surface area contributed by atoms with Gasteiger partial charge in [-0.25, -0.2) is 0 Å². The molecule has 124 valence electrons. The topological polar surface area (TPSA) is 46.9 Å². The van der Waals surface area contributed by atoms with Gasteiger partial charge in [0.1, 0.15) is 0 Å². The molecule has 0 saturated heterocycles. The zero-order valence-electron chi connectivity index (χ0n) is 13.7. The molecule has 0 aliphatic heterocycles. The highest BCUT2D eigenvalue weighted by Gasteiger charge is 2.13. The maximum atomic E-state index is 11.9. The van der Waals surface area contributed by atoms with Gasteiger partial charge in [-0.15, -0.1) is 11.3 Å². The van der Waals surface area contributed by atoms with Crippen LogP contribution in [-0.2, 0) is 11.3 Å². The molecule has 0 bridgehead atoms. The second kappa shape index (κ2) is 7.59. The van der Waals surface area contributed by atoms with Gasteiger partial charge in [0.2, 0.25) is 5.91 Å². The Morgan fingerprint density at radius 3 is 2.92 bits per heavy atom. The van der Waals surface area contributed by atoms with Gasteiger partial charge < -0.3 is 5.32 Å². The lowest BCUT2D eigenvalue weighted by Crippen LogP contribution is -2.26. The van der Waals surface area contributed by atoms with Gasteiger partial charge in [-0.3, -0.25) is 9.48 Å². The summed E-state index contributed by atoms with van der Waals surface area (Å²) in [6.45, 7) is 5.32. The van der Waals surface area contributed by atoms with Crippen LogP contribution in [0.25, 0.3) is 17.2 Å². The highest BCUT2D eigenvalue weighted by Crippen LogP contribution is 2.28. The monoisotopic (exact) mass is 357 g/mol. The Kier molecular flexibility index (Phi) is 5.27. The molecule has 0 radical (unpaired) electrons. The van der Waals surface area contributed by atoms with Gasteiger partial charge in [0.05, 0.1) is 12.2 Å². The number of hydrogen-bond acceptors (Lipinski definition) is 4. The Bertz CT molecular complexity index is 830. The zero-order chi connectivity index (χ0) is 16.9. The van der Waals surface area contributed by atoms with Crippen LogP contribution >= 0.6 is 22.7 Å². The fourth-order valence-corrected chi connectivity index (χ4v) is 3.89. The summed E-state index contributed by atoms with van der Waals surface area (Å²) >= 11 is 3.30. The van der Waals surface area contributed by atoms with Crippen molar-refractivity contribution in [3.05, 3.63) is 56.7 Å². The van der Waals surface area contributed by atoms with Gasteiger partial charge in [-0.1, -0.05) is 6.07 Å². The molecule has 4 nitrogen and oxygen atoms in total. The molecule has 0 spiro atoms. The molecule has 3 aromatic heterocycles. The average Bonchev–Trinajstić information content (AvgIpc) is 3.28. The van der Waals surface area contributed by atoms with Gasteiger partial charge >= 0.3 is 0 Å². The largest absolute Gasteiger partial charge is 0.351 e. The van der Waals surface area contributed by atoms with Gasteiger partial charge in [0.15, 0.2) is 0 Å². The molecule has 0 aliphatic rings. The van der Waals surface area contributed by atoms with Crippen molar-refractivity contribution >= 4 is 34.7 Å². The van der Waals surface area contributed by atoms with Crippen molar-refractivity contribution in [3.8, 4) is 11.1 Å². The molecule has 3 aromatic rings. The zero-order valence-corrected chi connectivity index (χ0v) is 15.3. The first-order valence-electron chi connectivity index (χ1n) is 7.71. The summed E-state index contributed by atoms with van der Waals surface area (Å²) < 4.78 is 1.96. The van der Waals surface area contributed by atoms with Crippen LogP contribution in [0.3, 0.4) is 0 Å². The molecule has 1 N–H and O–H groups in total. The van der Waals surface area contributed by atoms with Crippen LogP contribution in [-0.4, -0.2) is 22.2 Å². The number of aromatic nitrogens is 2. The highest BCUT2D eigenvalue weighted by atomic mass is 32.1. The van der Waals surface area contributed by atoms with E-state index in [1.807, 2.05) is 35.2 Å². The van der Waals surface area contributed by atoms with Gasteiger partial charge in [0, 0.05) is 28.8 Å². The molecule has 1 amide bonds. The van der Waals surface area contributed by atoms with Crippen molar-refractivity contribution in [2.75, 3.05) is 6.54 Å². The number of carbonyl (C=O) groups is 1. The van der Waals surface area contributed by atoms with Crippen LogP contribution in [0.1, 0.15) is 16.3 Å². The Morgan fingerprint density at radius 2 is 2.21 bits per heavy atom. The van der Waals surface area contributed by atoms with Crippen LogP contribution in [0.5, 0.6) is 0 Å². The van der Waals surface area contributed by atoms with Crippen molar-refractivity contribution in [2.45, 2.75) is 20.4 Å². The fraction of sp³-hybridized carbons (Fsp3) is 0.222. The number of nitrogens with one attached hydrogen (secondary N) is 1. The third-order valence-corrected chi connectivity index (χ3v) is 5.28. The van der Waals surface area contributed by atoms with E-state index in [1.54, 1.807) is 28.7 Å². The number of nitrogens with zero attached hydrogens (tertiary/aromatic N) is 2. The minimum absolute atomic E-state index is 0.0806. The molecule has 0 aliphatic carbocycles. The van der Waals surface area contributed by atoms with E-state index in [-0.39, 0.29) is 5.91 Å².